The fraction of sp³-hybridized carbons (Fsp3) is 0.625. The van der Waals surface area contributed by atoms with Gasteiger partial charge in [-0.1, -0.05) is 31.9 Å². The lowest BCUT2D eigenvalue weighted by atomic mass is 9.73. The van der Waals surface area contributed by atoms with E-state index in [0.717, 1.165) is 30.7 Å². The third kappa shape index (κ3) is 3.79. The van der Waals surface area contributed by atoms with Crippen LogP contribution >= 0.6 is 0 Å². The second kappa shape index (κ2) is 6.35. The molecule has 2 rings (SSSR count). The van der Waals surface area contributed by atoms with E-state index in [-0.39, 0.29) is 16.1 Å². The molecule has 1 aliphatic rings. The van der Waals surface area contributed by atoms with Crippen LogP contribution in [0.4, 0.5) is 5.69 Å². The molecule has 0 unspecified atom stereocenters. The Hall–Kier alpha value is -1.42. The molecule has 0 atom stereocenters. The first kappa shape index (κ1) is 15.0. The van der Waals surface area contributed by atoms with Crippen LogP contribution in [0, 0.1) is 16.0 Å². The second-order valence-electron chi connectivity index (χ2n) is 6.20. The minimum atomic E-state index is -0.342. The van der Waals surface area contributed by atoms with Gasteiger partial charge >= 0.3 is 0 Å². The van der Waals surface area contributed by atoms with Crippen molar-refractivity contribution in [3.8, 4) is 0 Å². The minimum absolute atomic E-state index is 0.158. The monoisotopic (exact) mass is 276 g/mol. The zero-order valence-electron chi connectivity index (χ0n) is 12.2. The van der Waals surface area contributed by atoms with Crippen LogP contribution in [0.5, 0.6) is 0 Å². The molecule has 2 N–H and O–H groups in total. The standard InChI is InChI=1S/C16H24N2O2/c1-2-4-13-7-9-16(17,10-8-13)12-14-5-3-6-15(11-14)18(19)20/h3,5-6,11,13H,2,4,7-10,12,17H2,1H3. The number of benzene rings is 1. The van der Waals surface area contributed by atoms with Crippen LogP contribution in [0.1, 0.15) is 51.0 Å². The highest BCUT2D eigenvalue weighted by atomic mass is 16.6. The second-order valence-corrected chi connectivity index (χ2v) is 6.20. The van der Waals surface area contributed by atoms with Crippen LogP contribution in [0.15, 0.2) is 24.3 Å². The predicted octanol–water partition coefficient (Wildman–Crippen LogP) is 3.83. The molecule has 20 heavy (non-hydrogen) atoms. The molecule has 0 saturated heterocycles. The number of nitrogens with zero attached hydrogens (tertiary/aromatic N) is 1. The summed E-state index contributed by atoms with van der Waals surface area (Å²) in [6, 6.07) is 6.89. The summed E-state index contributed by atoms with van der Waals surface area (Å²) in [7, 11) is 0. The third-order valence-electron chi connectivity index (χ3n) is 4.48. The van der Waals surface area contributed by atoms with Crippen molar-refractivity contribution in [2.45, 2.75) is 57.4 Å². The molecule has 0 aromatic heterocycles. The van der Waals surface area contributed by atoms with E-state index in [0.29, 0.717) is 0 Å². The molecule has 0 spiro atoms. The molecule has 4 heteroatoms. The van der Waals surface area contributed by atoms with Gasteiger partial charge in [0.05, 0.1) is 4.92 Å². The molecular weight excluding hydrogens is 252 g/mol. The Balaban J connectivity index is 1.99. The Bertz CT molecular complexity index is 465. The SMILES string of the molecule is CCCC1CCC(N)(Cc2cccc([N+](=O)[O-])c2)CC1. The molecule has 0 bridgehead atoms. The van der Waals surface area contributed by atoms with E-state index in [1.54, 1.807) is 12.1 Å². The molecule has 1 fully saturated rings. The Morgan fingerprint density at radius 3 is 2.70 bits per heavy atom. The molecule has 0 aliphatic heterocycles. The van der Waals surface area contributed by atoms with Crippen molar-refractivity contribution in [1.82, 2.24) is 0 Å². The Morgan fingerprint density at radius 2 is 2.10 bits per heavy atom. The predicted molar refractivity (Wildman–Crippen MR) is 80.6 cm³/mol. The average molecular weight is 276 g/mol. The minimum Gasteiger partial charge on any atom is -0.325 e. The average Bonchev–Trinajstić information content (AvgIpc) is 2.42. The lowest BCUT2D eigenvalue weighted by molar-refractivity contribution is -0.384. The van der Waals surface area contributed by atoms with Gasteiger partial charge in [-0.25, -0.2) is 0 Å². The summed E-state index contributed by atoms with van der Waals surface area (Å²) in [4.78, 5) is 10.5. The summed E-state index contributed by atoms with van der Waals surface area (Å²) >= 11 is 0. The Morgan fingerprint density at radius 1 is 1.40 bits per heavy atom. The van der Waals surface area contributed by atoms with E-state index in [9.17, 15) is 10.1 Å². The Labute approximate surface area is 120 Å². The van der Waals surface area contributed by atoms with Crippen LogP contribution in [0.25, 0.3) is 0 Å². The summed E-state index contributed by atoms with van der Waals surface area (Å²) in [5.74, 6) is 0.821. The van der Waals surface area contributed by atoms with Crippen LogP contribution in [-0.4, -0.2) is 10.5 Å². The molecule has 1 saturated carbocycles. The van der Waals surface area contributed by atoms with Gasteiger partial charge in [0, 0.05) is 17.7 Å². The summed E-state index contributed by atoms with van der Waals surface area (Å²) in [5.41, 5.74) is 7.46. The molecule has 0 amide bonds. The molecule has 4 nitrogen and oxygen atoms in total. The van der Waals surface area contributed by atoms with Crippen molar-refractivity contribution in [2.75, 3.05) is 0 Å². The van der Waals surface area contributed by atoms with E-state index in [1.165, 1.54) is 31.7 Å². The summed E-state index contributed by atoms with van der Waals surface area (Å²) in [5, 5.41) is 10.8. The summed E-state index contributed by atoms with van der Waals surface area (Å²) in [6.07, 6.45) is 7.73. The van der Waals surface area contributed by atoms with Gasteiger partial charge in [0.15, 0.2) is 0 Å². The maximum atomic E-state index is 10.8. The van der Waals surface area contributed by atoms with E-state index in [1.807, 2.05) is 6.07 Å². The van der Waals surface area contributed by atoms with Crippen molar-refractivity contribution in [3.63, 3.8) is 0 Å². The lowest BCUT2D eigenvalue weighted by Crippen LogP contribution is -2.45. The van der Waals surface area contributed by atoms with Gasteiger partial charge in [-0.2, -0.15) is 0 Å². The summed E-state index contributed by atoms with van der Waals surface area (Å²) < 4.78 is 0. The number of nitrogens with two attached hydrogens (primary N) is 1. The number of nitro benzene ring substituents is 1. The molecule has 1 aromatic rings. The number of hydrogen-bond donors (Lipinski definition) is 1. The number of hydrogen-bond acceptors (Lipinski definition) is 3. The van der Waals surface area contributed by atoms with Gasteiger partial charge in [-0.15, -0.1) is 0 Å². The maximum absolute atomic E-state index is 10.8. The van der Waals surface area contributed by atoms with Crippen LogP contribution in [0.3, 0.4) is 0 Å². The quantitative estimate of drug-likeness (QED) is 0.656. The molecule has 0 heterocycles. The molecule has 1 aromatic carbocycles. The highest BCUT2D eigenvalue weighted by Crippen LogP contribution is 2.35. The van der Waals surface area contributed by atoms with Gasteiger partial charge in [-0.05, 0) is 43.6 Å². The van der Waals surface area contributed by atoms with Crippen LogP contribution < -0.4 is 5.73 Å². The lowest BCUT2D eigenvalue weighted by Gasteiger charge is -2.37. The smallest absolute Gasteiger partial charge is 0.269 e. The maximum Gasteiger partial charge on any atom is 0.269 e. The third-order valence-corrected chi connectivity index (χ3v) is 4.48. The molecule has 110 valence electrons. The number of rotatable bonds is 5. The first-order valence-corrected chi connectivity index (χ1v) is 7.54. The normalized spacial score (nSPS) is 26.4. The van der Waals surface area contributed by atoms with Crippen molar-refractivity contribution >= 4 is 5.69 Å². The molecular formula is C16H24N2O2. The fourth-order valence-corrected chi connectivity index (χ4v) is 3.31. The first-order valence-electron chi connectivity index (χ1n) is 7.54. The highest BCUT2D eigenvalue weighted by molar-refractivity contribution is 5.35. The van der Waals surface area contributed by atoms with Gasteiger partial charge in [0.25, 0.3) is 5.69 Å². The van der Waals surface area contributed by atoms with E-state index in [4.69, 9.17) is 5.73 Å². The zero-order valence-corrected chi connectivity index (χ0v) is 12.2. The van der Waals surface area contributed by atoms with Crippen molar-refractivity contribution < 1.29 is 4.92 Å². The highest BCUT2D eigenvalue weighted by Gasteiger charge is 2.31. The van der Waals surface area contributed by atoms with E-state index in [2.05, 4.69) is 6.92 Å². The van der Waals surface area contributed by atoms with Crippen molar-refractivity contribution in [1.29, 1.82) is 0 Å². The van der Waals surface area contributed by atoms with Crippen molar-refractivity contribution in [2.24, 2.45) is 11.7 Å². The van der Waals surface area contributed by atoms with Gasteiger partial charge in [0.1, 0.15) is 0 Å². The fourth-order valence-electron chi connectivity index (χ4n) is 3.31. The topological polar surface area (TPSA) is 69.2 Å². The van der Waals surface area contributed by atoms with Crippen LogP contribution in [-0.2, 0) is 6.42 Å². The van der Waals surface area contributed by atoms with Gasteiger partial charge in [-0.3, -0.25) is 10.1 Å². The Kier molecular flexibility index (Phi) is 4.76. The van der Waals surface area contributed by atoms with E-state index >= 15 is 0 Å². The molecule has 1 aliphatic carbocycles. The number of non-ortho nitro benzene ring substituents is 1. The van der Waals surface area contributed by atoms with Crippen LogP contribution in [0.2, 0.25) is 0 Å². The van der Waals surface area contributed by atoms with Crippen molar-refractivity contribution in [3.05, 3.63) is 39.9 Å². The first-order chi connectivity index (χ1) is 9.52. The zero-order chi connectivity index (χ0) is 14.6. The molecule has 0 radical (unpaired) electrons. The van der Waals surface area contributed by atoms with Gasteiger partial charge in [0.2, 0.25) is 0 Å². The number of nitro groups is 1. The van der Waals surface area contributed by atoms with E-state index < -0.39 is 0 Å². The largest absolute Gasteiger partial charge is 0.325 e. The summed E-state index contributed by atoms with van der Waals surface area (Å²) in [6.45, 7) is 2.23. The van der Waals surface area contributed by atoms with Gasteiger partial charge < -0.3 is 5.73 Å².